The Bertz CT molecular complexity index is 826. The van der Waals surface area contributed by atoms with Gasteiger partial charge in [-0.1, -0.05) is 11.3 Å². The highest BCUT2D eigenvalue weighted by molar-refractivity contribution is 7.84. The van der Waals surface area contributed by atoms with E-state index in [0.717, 1.165) is 15.4 Å². The number of aromatic nitrogens is 4. The average molecular weight is 309 g/mol. The first kappa shape index (κ1) is 13.0. The quantitative estimate of drug-likeness (QED) is 0.570. The number of hydrogen-bond donors (Lipinski definition) is 1. The lowest BCUT2D eigenvalue weighted by molar-refractivity contribution is -0.678. The van der Waals surface area contributed by atoms with Gasteiger partial charge >= 0.3 is 10.1 Å². The Morgan fingerprint density at radius 1 is 1.20 bits per heavy atom. The van der Waals surface area contributed by atoms with Gasteiger partial charge in [-0.3, -0.25) is 4.55 Å². The molecule has 0 fully saturated rings. The molecule has 0 aliphatic heterocycles. The van der Waals surface area contributed by atoms with Crippen LogP contribution in [0.15, 0.2) is 36.9 Å². The summed E-state index contributed by atoms with van der Waals surface area (Å²) in [7, 11) is -4.05. The van der Waals surface area contributed by atoms with Crippen molar-refractivity contribution in [1.29, 1.82) is 0 Å². The summed E-state index contributed by atoms with van der Waals surface area (Å²) in [5, 5.41) is 0.755. The summed E-state index contributed by atoms with van der Waals surface area (Å²) < 4.78 is 31.7. The second kappa shape index (κ2) is 4.85. The zero-order valence-electron chi connectivity index (χ0n) is 10.0. The first-order chi connectivity index (χ1) is 9.51. The van der Waals surface area contributed by atoms with Crippen LogP contribution in [0, 0.1) is 0 Å². The number of hydrogen-bond acceptors (Lipinski definition) is 6. The van der Waals surface area contributed by atoms with Gasteiger partial charge in [0.05, 0.1) is 0 Å². The van der Waals surface area contributed by atoms with E-state index in [1.54, 1.807) is 36.9 Å². The molecule has 0 spiro atoms. The molecule has 0 saturated carbocycles. The molecule has 0 aliphatic carbocycles. The topological polar surface area (TPSA) is 96.9 Å². The SMILES string of the molecule is O=S(=O)(O)C[n+]1ccc(-c2nc3nccnc3s2)cc1. The molecule has 0 unspecified atom stereocenters. The summed E-state index contributed by atoms with van der Waals surface area (Å²) in [6, 6.07) is 3.45. The summed E-state index contributed by atoms with van der Waals surface area (Å²) in [6.45, 7) is 0. The molecule has 3 heterocycles. The van der Waals surface area contributed by atoms with Crippen molar-refractivity contribution in [3.8, 4) is 10.6 Å². The largest absolute Gasteiger partial charge is 0.326 e. The van der Waals surface area contributed by atoms with Gasteiger partial charge in [-0.2, -0.15) is 13.0 Å². The smallest absolute Gasteiger partial charge is 0.281 e. The highest BCUT2D eigenvalue weighted by Crippen LogP contribution is 2.26. The van der Waals surface area contributed by atoms with Gasteiger partial charge in [0.1, 0.15) is 5.01 Å². The lowest BCUT2D eigenvalue weighted by Gasteiger charge is -1.96. The summed E-state index contributed by atoms with van der Waals surface area (Å²) >= 11 is 1.41. The fraction of sp³-hybridized carbons (Fsp3) is 0.0909. The third kappa shape index (κ3) is 2.79. The van der Waals surface area contributed by atoms with E-state index in [1.165, 1.54) is 15.9 Å². The van der Waals surface area contributed by atoms with Gasteiger partial charge < -0.3 is 0 Å². The Balaban J connectivity index is 1.94. The molecule has 0 amide bonds. The first-order valence-corrected chi connectivity index (χ1v) is 7.96. The van der Waals surface area contributed by atoms with E-state index in [-0.39, 0.29) is 0 Å². The van der Waals surface area contributed by atoms with Gasteiger partial charge in [0.25, 0.3) is 5.88 Å². The zero-order valence-corrected chi connectivity index (χ0v) is 11.7. The Morgan fingerprint density at radius 2 is 1.90 bits per heavy atom. The van der Waals surface area contributed by atoms with Crippen molar-refractivity contribution < 1.29 is 17.5 Å². The summed E-state index contributed by atoms with van der Waals surface area (Å²) in [5.41, 5.74) is 1.42. The lowest BCUT2D eigenvalue weighted by atomic mass is 10.3. The number of fused-ring (bicyclic) bond motifs is 1. The minimum absolute atomic E-state index is 0.476. The molecule has 9 heteroatoms. The molecule has 0 saturated heterocycles. The maximum Gasteiger partial charge on any atom is 0.326 e. The van der Waals surface area contributed by atoms with Crippen LogP contribution in [0.2, 0.25) is 0 Å². The second-order valence-corrected chi connectivity index (χ2v) is 6.42. The van der Waals surface area contributed by atoms with Crippen molar-refractivity contribution in [2.75, 3.05) is 0 Å². The zero-order chi connectivity index (χ0) is 14.2. The van der Waals surface area contributed by atoms with Gasteiger partial charge in [0, 0.05) is 30.1 Å². The molecule has 0 atom stereocenters. The van der Waals surface area contributed by atoms with Crippen molar-refractivity contribution in [2.45, 2.75) is 5.88 Å². The first-order valence-electron chi connectivity index (χ1n) is 5.53. The van der Waals surface area contributed by atoms with E-state index < -0.39 is 16.0 Å². The molecule has 102 valence electrons. The monoisotopic (exact) mass is 309 g/mol. The van der Waals surface area contributed by atoms with E-state index in [0.29, 0.717) is 5.65 Å². The predicted molar refractivity (Wildman–Crippen MR) is 72.4 cm³/mol. The van der Waals surface area contributed by atoms with E-state index in [9.17, 15) is 8.42 Å². The molecule has 7 nitrogen and oxygen atoms in total. The Labute approximate surface area is 118 Å². The van der Waals surface area contributed by atoms with Gasteiger partial charge in [0.2, 0.25) is 0 Å². The third-order valence-corrected chi connectivity index (χ3v) is 4.12. The van der Waals surface area contributed by atoms with Crippen molar-refractivity contribution in [1.82, 2.24) is 15.0 Å². The van der Waals surface area contributed by atoms with Gasteiger partial charge in [-0.05, 0) is 0 Å². The number of nitrogens with zero attached hydrogens (tertiary/aromatic N) is 4. The fourth-order valence-electron chi connectivity index (χ4n) is 1.68. The van der Waals surface area contributed by atoms with E-state index in [4.69, 9.17) is 4.55 Å². The maximum atomic E-state index is 10.8. The van der Waals surface area contributed by atoms with Crippen LogP contribution < -0.4 is 4.57 Å². The summed E-state index contributed by atoms with van der Waals surface area (Å²) in [4.78, 5) is 13.4. The number of rotatable bonds is 3. The lowest BCUT2D eigenvalue weighted by Crippen LogP contribution is -2.36. The van der Waals surface area contributed by atoms with Crippen LogP contribution in [0.4, 0.5) is 0 Å². The molecule has 3 rings (SSSR count). The van der Waals surface area contributed by atoms with Crippen LogP contribution in [0.5, 0.6) is 0 Å². The Kier molecular flexibility index (Phi) is 3.16. The van der Waals surface area contributed by atoms with Crippen molar-refractivity contribution >= 4 is 31.9 Å². The molecular weight excluding hydrogens is 300 g/mol. The van der Waals surface area contributed by atoms with E-state index >= 15 is 0 Å². The van der Waals surface area contributed by atoms with Crippen LogP contribution in [-0.4, -0.2) is 27.9 Å². The van der Waals surface area contributed by atoms with Crippen LogP contribution in [-0.2, 0) is 16.0 Å². The van der Waals surface area contributed by atoms with Gasteiger partial charge in [0.15, 0.2) is 22.9 Å². The minimum Gasteiger partial charge on any atom is -0.281 e. The number of pyridine rings is 1. The molecule has 20 heavy (non-hydrogen) atoms. The van der Waals surface area contributed by atoms with Crippen molar-refractivity contribution in [3.63, 3.8) is 0 Å². The molecule has 0 aromatic carbocycles. The maximum absolute atomic E-state index is 10.8. The highest BCUT2D eigenvalue weighted by atomic mass is 32.2. The average Bonchev–Trinajstić information content (AvgIpc) is 2.81. The van der Waals surface area contributed by atoms with Crippen LogP contribution >= 0.6 is 11.3 Å². The normalized spacial score (nSPS) is 11.8. The third-order valence-electron chi connectivity index (χ3n) is 2.50. The van der Waals surface area contributed by atoms with Gasteiger partial charge in [-0.25, -0.2) is 15.0 Å². The van der Waals surface area contributed by atoms with E-state index in [1.807, 2.05) is 0 Å². The minimum atomic E-state index is -4.05. The molecule has 3 aromatic rings. The summed E-state index contributed by atoms with van der Waals surface area (Å²) in [6.07, 6.45) is 6.32. The molecule has 0 aliphatic rings. The molecule has 0 bridgehead atoms. The van der Waals surface area contributed by atoms with Crippen molar-refractivity contribution in [3.05, 3.63) is 36.9 Å². The molecule has 1 N–H and O–H groups in total. The van der Waals surface area contributed by atoms with E-state index in [2.05, 4.69) is 15.0 Å². The standard InChI is InChI=1S/C11H8N4O3S2/c16-20(17,18)7-15-5-1-8(2-6-15)10-14-9-11(19-10)13-4-3-12-9/h1-6H,7H2/p+1. The molecule has 3 aromatic heterocycles. The van der Waals surface area contributed by atoms with Crippen LogP contribution in [0.25, 0.3) is 21.0 Å². The van der Waals surface area contributed by atoms with Crippen LogP contribution in [0.1, 0.15) is 0 Å². The molecule has 0 radical (unpaired) electrons. The highest BCUT2D eigenvalue weighted by Gasteiger charge is 2.14. The van der Waals surface area contributed by atoms with Crippen molar-refractivity contribution in [2.24, 2.45) is 0 Å². The second-order valence-electron chi connectivity index (χ2n) is 4.02. The van der Waals surface area contributed by atoms with Gasteiger partial charge in [-0.15, -0.1) is 0 Å². The molecular formula is C11H9N4O3S2+. The van der Waals surface area contributed by atoms with Crippen LogP contribution in [0.3, 0.4) is 0 Å². The fourth-order valence-corrected chi connectivity index (χ4v) is 3.10. The Hall–Kier alpha value is -1.97. The number of thiazole rings is 1. The summed E-state index contributed by atoms with van der Waals surface area (Å²) in [5.74, 6) is -0.476. The predicted octanol–water partition coefficient (Wildman–Crippen LogP) is 0.886. The Morgan fingerprint density at radius 3 is 2.55 bits per heavy atom.